The molecule has 3 aromatic heterocycles. The molecule has 55 heavy (non-hydrogen) atoms. The number of nitrogens with zero attached hydrogens (tertiary/aromatic N) is 5. The molecule has 0 radical (unpaired) electrons. The third kappa shape index (κ3) is 5.09. The SMILES string of the molecule is c1ccc(-c2ccc3c4ccccc4n(-c4ccccc4-c4nc(-c5ccccc5)nc(-c5ccc6c7ccccc7c7ccccc7c6c5)n4)c3n2)cc1. The Morgan fingerprint density at radius 1 is 0.309 bits per heavy atom. The maximum Gasteiger partial charge on any atom is 0.166 e. The van der Waals surface area contributed by atoms with Crippen LogP contribution in [0.15, 0.2) is 188 Å². The van der Waals surface area contributed by atoms with Gasteiger partial charge in [-0.05, 0) is 68.7 Å². The predicted octanol–water partition coefficient (Wildman–Crippen LogP) is 12.5. The third-order valence-electron chi connectivity index (χ3n) is 10.6. The molecule has 11 aromatic rings. The van der Waals surface area contributed by atoms with Gasteiger partial charge in [0.05, 0.1) is 16.9 Å². The van der Waals surface area contributed by atoms with E-state index in [1.807, 2.05) is 24.3 Å². The molecule has 256 valence electrons. The number of hydrogen-bond donors (Lipinski definition) is 0. The first-order valence-corrected chi connectivity index (χ1v) is 18.5. The Balaban J connectivity index is 1.16. The fraction of sp³-hybridized carbons (Fsp3) is 0. The molecule has 5 heteroatoms. The molecule has 0 saturated heterocycles. The molecule has 0 N–H and O–H groups in total. The minimum Gasteiger partial charge on any atom is -0.293 e. The molecular weight excluding hydrogens is 671 g/mol. The molecule has 0 aliphatic rings. The predicted molar refractivity (Wildman–Crippen MR) is 226 cm³/mol. The highest BCUT2D eigenvalue weighted by molar-refractivity contribution is 6.25. The summed E-state index contributed by atoms with van der Waals surface area (Å²) in [6.45, 7) is 0. The Morgan fingerprint density at radius 3 is 1.53 bits per heavy atom. The van der Waals surface area contributed by atoms with Crippen molar-refractivity contribution in [1.82, 2.24) is 24.5 Å². The van der Waals surface area contributed by atoms with Crippen molar-refractivity contribution in [2.75, 3.05) is 0 Å². The van der Waals surface area contributed by atoms with Gasteiger partial charge in [-0.1, -0.05) is 152 Å². The topological polar surface area (TPSA) is 56.5 Å². The van der Waals surface area contributed by atoms with Crippen LogP contribution in [-0.2, 0) is 0 Å². The molecule has 0 fully saturated rings. The number of benzene rings is 8. The molecular formula is C50H31N5. The Kier molecular flexibility index (Phi) is 7.10. The number of para-hydroxylation sites is 2. The summed E-state index contributed by atoms with van der Waals surface area (Å²) in [5, 5.41) is 9.50. The summed E-state index contributed by atoms with van der Waals surface area (Å²) < 4.78 is 2.26. The van der Waals surface area contributed by atoms with Crippen LogP contribution in [0.3, 0.4) is 0 Å². The van der Waals surface area contributed by atoms with Crippen LogP contribution < -0.4 is 0 Å². The van der Waals surface area contributed by atoms with E-state index in [0.717, 1.165) is 55.6 Å². The van der Waals surface area contributed by atoms with Gasteiger partial charge in [0.25, 0.3) is 0 Å². The first kappa shape index (κ1) is 31.1. The first-order valence-electron chi connectivity index (χ1n) is 18.5. The van der Waals surface area contributed by atoms with E-state index in [2.05, 4.69) is 168 Å². The van der Waals surface area contributed by atoms with Crippen LogP contribution in [0.2, 0.25) is 0 Å². The van der Waals surface area contributed by atoms with Crippen LogP contribution in [0.25, 0.3) is 105 Å². The molecule has 0 atom stereocenters. The van der Waals surface area contributed by atoms with E-state index in [1.54, 1.807) is 0 Å². The minimum absolute atomic E-state index is 0.591. The molecule has 0 aliphatic carbocycles. The first-order chi connectivity index (χ1) is 27.3. The quantitative estimate of drug-likeness (QED) is 0.168. The van der Waals surface area contributed by atoms with E-state index >= 15 is 0 Å². The van der Waals surface area contributed by atoms with E-state index < -0.39 is 0 Å². The molecule has 0 spiro atoms. The summed E-state index contributed by atoms with van der Waals surface area (Å²) in [6, 6.07) is 65.5. The van der Waals surface area contributed by atoms with Crippen molar-refractivity contribution in [2.45, 2.75) is 0 Å². The Bertz CT molecular complexity index is 3220. The summed E-state index contributed by atoms with van der Waals surface area (Å²) in [7, 11) is 0. The highest BCUT2D eigenvalue weighted by Crippen LogP contribution is 2.39. The lowest BCUT2D eigenvalue weighted by atomic mass is 9.93. The van der Waals surface area contributed by atoms with E-state index in [1.165, 1.54) is 32.3 Å². The van der Waals surface area contributed by atoms with E-state index in [9.17, 15) is 0 Å². The van der Waals surface area contributed by atoms with Gasteiger partial charge in [-0.2, -0.15) is 0 Å². The summed E-state index contributed by atoms with van der Waals surface area (Å²) in [4.78, 5) is 20.9. The lowest BCUT2D eigenvalue weighted by Crippen LogP contribution is -2.04. The second-order valence-corrected chi connectivity index (χ2v) is 13.8. The van der Waals surface area contributed by atoms with Gasteiger partial charge in [0.15, 0.2) is 17.5 Å². The molecule has 0 aliphatic heterocycles. The van der Waals surface area contributed by atoms with Crippen molar-refractivity contribution < 1.29 is 0 Å². The van der Waals surface area contributed by atoms with Crippen LogP contribution in [0, 0.1) is 0 Å². The van der Waals surface area contributed by atoms with Gasteiger partial charge in [-0.15, -0.1) is 0 Å². The Hall–Kier alpha value is -7.50. The summed E-state index contributed by atoms with van der Waals surface area (Å²) in [5.74, 6) is 1.82. The second-order valence-electron chi connectivity index (χ2n) is 13.8. The number of aromatic nitrogens is 5. The monoisotopic (exact) mass is 701 g/mol. The molecule has 0 amide bonds. The van der Waals surface area contributed by atoms with Gasteiger partial charge in [0.1, 0.15) is 5.65 Å². The standard InChI is InChI=1S/C50H31N5/c1-3-15-32(16-4-1)44-30-29-41-40-23-11-13-25-45(40)55(50(41)51-44)46-26-14-12-24-42(46)49-53-47(33-17-5-2-6-18-33)52-48(54-49)34-27-28-39-37-21-8-7-19-35(37)36-20-9-10-22-38(36)43(39)31-34/h1-31H. The van der Waals surface area contributed by atoms with Crippen LogP contribution >= 0.6 is 0 Å². The average Bonchev–Trinajstić information content (AvgIpc) is 3.60. The van der Waals surface area contributed by atoms with E-state index in [-0.39, 0.29) is 0 Å². The molecule has 0 saturated carbocycles. The van der Waals surface area contributed by atoms with Crippen LogP contribution in [-0.4, -0.2) is 24.5 Å². The lowest BCUT2D eigenvalue weighted by molar-refractivity contribution is 1.06. The van der Waals surface area contributed by atoms with Gasteiger partial charge >= 0.3 is 0 Å². The summed E-state index contributed by atoms with van der Waals surface area (Å²) in [5.41, 5.74) is 7.61. The largest absolute Gasteiger partial charge is 0.293 e. The van der Waals surface area contributed by atoms with Gasteiger partial charge < -0.3 is 0 Å². The highest BCUT2D eigenvalue weighted by Gasteiger charge is 2.21. The maximum absolute atomic E-state index is 5.31. The molecule has 5 nitrogen and oxygen atoms in total. The fourth-order valence-electron chi connectivity index (χ4n) is 8.10. The molecule has 0 bridgehead atoms. The fourth-order valence-corrected chi connectivity index (χ4v) is 8.10. The average molecular weight is 702 g/mol. The smallest absolute Gasteiger partial charge is 0.166 e. The van der Waals surface area contributed by atoms with Crippen LogP contribution in [0.1, 0.15) is 0 Å². The maximum atomic E-state index is 5.31. The van der Waals surface area contributed by atoms with E-state index in [0.29, 0.717) is 17.5 Å². The van der Waals surface area contributed by atoms with Gasteiger partial charge in [-0.25, -0.2) is 19.9 Å². The molecule has 8 aromatic carbocycles. The van der Waals surface area contributed by atoms with Gasteiger partial charge in [0.2, 0.25) is 0 Å². The van der Waals surface area contributed by atoms with Crippen LogP contribution in [0.5, 0.6) is 0 Å². The van der Waals surface area contributed by atoms with Crippen molar-refractivity contribution in [1.29, 1.82) is 0 Å². The van der Waals surface area contributed by atoms with Gasteiger partial charge in [-0.3, -0.25) is 4.57 Å². The lowest BCUT2D eigenvalue weighted by Gasteiger charge is -2.15. The third-order valence-corrected chi connectivity index (χ3v) is 10.6. The van der Waals surface area contributed by atoms with Crippen molar-refractivity contribution in [3.8, 4) is 51.1 Å². The Morgan fingerprint density at radius 2 is 0.818 bits per heavy atom. The molecule has 11 rings (SSSR count). The number of hydrogen-bond acceptors (Lipinski definition) is 4. The zero-order chi connectivity index (χ0) is 36.3. The number of fused-ring (bicyclic) bond motifs is 9. The Labute approximate surface area is 316 Å². The van der Waals surface area contributed by atoms with Crippen molar-refractivity contribution >= 4 is 54.3 Å². The minimum atomic E-state index is 0.591. The highest BCUT2D eigenvalue weighted by atomic mass is 15.1. The zero-order valence-electron chi connectivity index (χ0n) is 29.6. The van der Waals surface area contributed by atoms with E-state index in [4.69, 9.17) is 19.9 Å². The second kappa shape index (κ2) is 12.6. The molecule has 3 heterocycles. The zero-order valence-corrected chi connectivity index (χ0v) is 29.6. The normalized spacial score (nSPS) is 11.6. The summed E-state index contributed by atoms with van der Waals surface area (Å²) in [6.07, 6.45) is 0. The number of rotatable bonds is 5. The summed E-state index contributed by atoms with van der Waals surface area (Å²) >= 11 is 0. The van der Waals surface area contributed by atoms with Crippen molar-refractivity contribution in [2.24, 2.45) is 0 Å². The van der Waals surface area contributed by atoms with Gasteiger partial charge in [0, 0.05) is 33.0 Å². The van der Waals surface area contributed by atoms with Crippen molar-refractivity contribution in [3.63, 3.8) is 0 Å². The van der Waals surface area contributed by atoms with Crippen LogP contribution in [0.4, 0.5) is 0 Å². The molecule has 0 unspecified atom stereocenters. The number of pyridine rings is 1. The van der Waals surface area contributed by atoms with Crippen molar-refractivity contribution in [3.05, 3.63) is 188 Å².